The fourth-order valence-corrected chi connectivity index (χ4v) is 5.64. The number of aliphatic hydroxyl groups excluding tert-OH is 5. The van der Waals surface area contributed by atoms with Crippen LogP contribution in [0.3, 0.4) is 0 Å². The van der Waals surface area contributed by atoms with E-state index in [9.17, 15) is 35.1 Å². The van der Waals surface area contributed by atoms with Gasteiger partial charge in [-0.05, 0) is 46.0 Å². The molecule has 2 rings (SSSR count). The molecule has 2 aliphatic heterocycles. The third kappa shape index (κ3) is 16.6. The van der Waals surface area contributed by atoms with Gasteiger partial charge in [0.15, 0.2) is 6.29 Å². The number of hydrogen-bond donors (Lipinski definition) is 6. The zero-order chi connectivity index (χ0) is 32.7. The monoisotopic (exact) mass is 764 g/mol. The molecule has 0 radical (unpaired) electrons. The fraction of sp³-hybridized carbons (Fsp3) is 0.906. The van der Waals surface area contributed by atoms with E-state index in [-0.39, 0.29) is 93.9 Å². The quantitative estimate of drug-likeness (QED) is 0.0783. The van der Waals surface area contributed by atoms with Crippen LogP contribution in [-0.2, 0) is 19.0 Å². The number of nitrogens with one attached hydrogen (secondary N) is 1. The van der Waals surface area contributed by atoms with Crippen LogP contribution < -0.4 is 74.2 Å². The Morgan fingerprint density at radius 3 is 2.09 bits per heavy atom. The first-order valence-electron chi connectivity index (χ1n) is 16.5. The first-order valence-corrected chi connectivity index (χ1v) is 16.5. The Hall–Kier alpha value is 0.512. The number of likely N-dealkylation sites (tertiary alicyclic amines) is 1. The largest absolute Gasteiger partial charge is 1.00 e. The molecule has 6 unspecified atom stereocenters. The SMILES string of the molecule is [CH2-]CC(O)[C@H](COC1OC(CO)C(O)C(O)C1O)NC(=O)CCCCCCCCCCC1CCN(C(=O)OC(C)(C)C)CC1.[Cs+]. The maximum Gasteiger partial charge on any atom is 1.00 e. The van der Waals surface area contributed by atoms with Gasteiger partial charge in [-0.15, -0.1) is 0 Å². The van der Waals surface area contributed by atoms with E-state index in [1.807, 2.05) is 25.7 Å². The number of hydrogen-bond acceptors (Lipinski definition) is 10. The Morgan fingerprint density at radius 1 is 0.956 bits per heavy atom. The zero-order valence-corrected chi connectivity index (χ0v) is 34.4. The number of nitrogens with zero attached hydrogens (tertiary/aromatic N) is 1. The number of piperidine rings is 1. The summed E-state index contributed by atoms with van der Waals surface area (Å²) in [5.74, 6) is 0.463. The van der Waals surface area contributed by atoms with E-state index in [4.69, 9.17) is 14.2 Å². The smallest absolute Gasteiger partial charge is 0.444 e. The Morgan fingerprint density at radius 2 is 1.53 bits per heavy atom. The Kier molecular flexibility index (Phi) is 22.3. The molecule has 0 aromatic rings. The molecule has 0 aliphatic carbocycles. The van der Waals surface area contributed by atoms with E-state index in [0.29, 0.717) is 12.3 Å². The molecule has 13 heteroatoms. The van der Waals surface area contributed by atoms with E-state index in [2.05, 4.69) is 12.2 Å². The summed E-state index contributed by atoms with van der Waals surface area (Å²) in [4.78, 5) is 26.6. The van der Waals surface area contributed by atoms with Crippen molar-refractivity contribution in [3.63, 3.8) is 0 Å². The van der Waals surface area contributed by atoms with Gasteiger partial charge < -0.3 is 56.9 Å². The molecule has 2 aliphatic rings. The van der Waals surface area contributed by atoms with E-state index in [0.717, 1.165) is 51.6 Å². The van der Waals surface area contributed by atoms with Crippen molar-refractivity contribution >= 4 is 12.0 Å². The number of unbranched alkanes of at least 4 members (excludes halogenated alkanes) is 7. The molecule has 2 fully saturated rings. The minimum absolute atomic E-state index is 0. The number of rotatable bonds is 18. The van der Waals surface area contributed by atoms with Gasteiger partial charge in [-0.2, -0.15) is 6.42 Å². The Balaban J connectivity index is 0.0000101. The zero-order valence-electron chi connectivity index (χ0n) is 28.1. The van der Waals surface area contributed by atoms with Crippen LogP contribution in [0.25, 0.3) is 0 Å². The predicted molar refractivity (Wildman–Crippen MR) is 164 cm³/mol. The molecule has 0 aromatic carbocycles. The van der Waals surface area contributed by atoms with Gasteiger partial charge in [0.1, 0.15) is 30.0 Å². The molecule has 2 heterocycles. The van der Waals surface area contributed by atoms with E-state index < -0.39 is 55.1 Å². The number of ether oxygens (including phenoxy) is 3. The van der Waals surface area contributed by atoms with Crippen LogP contribution in [0.4, 0.5) is 4.79 Å². The molecular formula is C32H59CsN2O10. The van der Waals surface area contributed by atoms with Crippen molar-refractivity contribution in [1.82, 2.24) is 10.2 Å². The maximum absolute atomic E-state index is 12.5. The Labute approximate surface area is 328 Å². The predicted octanol–water partition coefficient (Wildman–Crippen LogP) is -0.575. The summed E-state index contributed by atoms with van der Waals surface area (Å²) in [6.45, 7) is 10.1. The summed E-state index contributed by atoms with van der Waals surface area (Å²) in [5.41, 5.74) is -0.455. The molecular weight excluding hydrogens is 705 g/mol. The van der Waals surface area contributed by atoms with Crippen molar-refractivity contribution in [1.29, 1.82) is 0 Å². The van der Waals surface area contributed by atoms with Crippen LogP contribution in [0.15, 0.2) is 0 Å². The van der Waals surface area contributed by atoms with Crippen LogP contribution in [0, 0.1) is 12.8 Å². The summed E-state index contributed by atoms with van der Waals surface area (Å²) >= 11 is 0. The third-order valence-electron chi connectivity index (χ3n) is 8.43. The van der Waals surface area contributed by atoms with Gasteiger partial charge in [-0.3, -0.25) is 4.79 Å². The summed E-state index contributed by atoms with van der Waals surface area (Å²) < 4.78 is 16.3. The van der Waals surface area contributed by atoms with E-state index in [1.165, 1.54) is 32.1 Å². The minimum atomic E-state index is -1.57. The van der Waals surface area contributed by atoms with Crippen molar-refractivity contribution in [3.05, 3.63) is 6.92 Å². The third-order valence-corrected chi connectivity index (χ3v) is 8.43. The normalized spacial score (nSPS) is 25.7. The van der Waals surface area contributed by atoms with Crippen molar-refractivity contribution in [3.8, 4) is 0 Å². The van der Waals surface area contributed by atoms with Crippen molar-refractivity contribution in [2.24, 2.45) is 5.92 Å². The summed E-state index contributed by atoms with van der Waals surface area (Å²) in [5, 5.41) is 52.4. The topological polar surface area (TPSA) is 178 Å². The van der Waals surface area contributed by atoms with E-state index >= 15 is 0 Å². The molecule has 0 bridgehead atoms. The van der Waals surface area contributed by atoms with Gasteiger partial charge in [0, 0.05) is 25.6 Å². The molecule has 2 saturated heterocycles. The van der Waals surface area contributed by atoms with Crippen molar-refractivity contribution in [2.75, 3.05) is 26.3 Å². The van der Waals surface area contributed by atoms with Gasteiger partial charge in [0.2, 0.25) is 5.91 Å². The molecule has 6 N–H and O–H groups in total. The summed E-state index contributed by atoms with van der Waals surface area (Å²) in [7, 11) is 0. The number of amides is 2. The summed E-state index contributed by atoms with van der Waals surface area (Å²) in [6.07, 6.45) is 4.16. The molecule has 0 saturated carbocycles. The fourth-order valence-electron chi connectivity index (χ4n) is 5.64. The first-order chi connectivity index (χ1) is 20.9. The average Bonchev–Trinajstić information content (AvgIpc) is 2.98. The van der Waals surface area contributed by atoms with E-state index in [1.54, 1.807) is 0 Å². The van der Waals surface area contributed by atoms with Gasteiger partial charge in [0.05, 0.1) is 19.3 Å². The molecule has 0 spiro atoms. The van der Waals surface area contributed by atoms with Crippen LogP contribution in [0.2, 0.25) is 0 Å². The average molecular weight is 765 g/mol. The second-order valence-corrected chi connectivity index (χ2v) is 13.3. The van der Waals surface area contributed by atoms with Gasteiger partial charge in [-0.1, -0.05) is 51.4 Å². The first kappa shape index (κ1) is 43.5. The number of aliphatic hydroxyl groups is 5. The van der Waals surface area contributed by atoms with Gasteiger partial charge in [-0.25, -0.2) is 4.79 Å². The maximum atomic E-state index is 12.5. The second kappa shape index (κ2) is 23.0. The standard InChI is InChI=1S/C32H59N2O10.Cs/c1-5-24(36)23(21-42-30-29(40)28(39)27(38)25(20-35)43-30)33-26(37)15-13-11-9-7-6-8-10-12-14-22-16-18-34(19-17-22)31(41)44-32(2,3)4;/h22-25,27-30,35-36,38-40H,1,5-21H2,2-4H3,(H,33,37);/q-1;+1/t23-,24?,25?,27?,28?,29?,30?;/m0./s1. The Bertz CT molecular complexity index is 822. The van der Waals surface area contributed by atoms with Crippen LogP contribution >= 0.6 is 0 Å². The molecule has 258 valence electrons. The minimum Gasteiger partial charge on any atom is -0.444 e. The molecule has 12 nitrogen and oxygen atoms in total. The van der Waals surface area contributed by atoms with Gasteiger partial charge >= 0.3 is 75.0 Å². The number of carbonyl (C=O) groups is 2. The van der Waals surface area contributed by atoms with Crippen LogP contribution in [0.5, 0.6) is 0 Å². The van der Waals surface area contributed by atoms with Crippen molar-refractivity contribution in [2.45, 2.75) is 153 Å². The molecule has 2 amide bonds. The molecule has 0 aromatic heterocycles. The molecule has 45 heavy (non-hydrogen) atoms. The molecule has 7 atom stereocenters. The van der Waals surface area contributed by atoms with Crippen LogP contribution in [0.1, 0.15) is 104 Å². The summed E-state index contributed by atoms with van der Waals surface area (Å²) in [6, 6.07) is -0.801. The van der Waals surface area contributed by atoms with Crippen LogP contribution in [-0.4, -0.2) is 117 Å². The second-order valence-electron chi connectivity index (χ2n) is 13.3. The van der Waals surface area contributed by atoms with Crippen molar-refractivity contribution < 1.29 is 118 Å². The van der Waals surface area contributed by atoms with Gasteiger partial charge in [0.25, 0.3) is 0 Å². The number of carbonyl (C=O) groups excluding carboxylic acids is 2.